The van der Waals surface area contributed by atoms with Crippen molar-refractivity contribution in [3.63, 3.8) is 0 Å². The maximum absolute atomic E-state index is 12.4. The molecule has 22 heavy (non-hydrogen) atoms. The average Bonchev–Trinajstić information content (AvgIpc) is 2.52. The summed E-state index contributed by atoms with van der Waals surface area (Å²) >= 11 is 0. The molecule has 0 aliphatic carbocycles. The van der Waals surface area contributed by atoms with Gasteiger partial charge in [0.2, 0.25) is 0 Å². The van der Waals surface area contributed by atoms with Crippen LogP contribution in [0.4, 0.5) is 0 Å². The van der Waals surface area contributed by atoms with Gasteiger partial charge in [0.05, 0.1) is 23.0 Å². The number of nitrogens with zero attached hydrogens (tertiary/aromatic N) is 1. The van der Waals surface area contributed by atoms with Crippen LogP contribution in [0.1, 0.15) is 15.9 Å². The maximum Gasteiger partial charge on any atom is 0.335 e. The lowest BCUT2D eigenvalue weighted by molar-refractivity contribution is 0.0696. The van der Waals surface area contributed by atoms with Crippen LogP contribution in [0.2, 0.25) is 0 Å². The van der Waals surface area contributed by atoms with E-state index < -0.39 is 17.2 Å². The van der Waals surface area contributed by atoms with Gasteiger partial charge in [0.25, 0.3) is 5.56 Å². The Balaban J connectivity index is 2.12. The summed E-state index contributed by atoms with van der Waals surface area (Å²) < 4.78 is 1.06. The molecular formula is C16H12N2O4. The number of H-pyrrole nitrogens is 1. The molecule has 1 aromatic heterocycles. The Hall–Kier alpha value is -3.15. The zero-order valence-corrected chi connectivity index (χ0v) is 11.4. The van der Waals surface area contributed by atoms with Crippen molar-refractivity contribution >= 4 is 16.9 Å². The van der Waals surface area contributed by atoms with E-state index in [0.717, 1.165) is 4.57 Å². The molecule has 0 aliphatic heterocycles. The number of aromatic carboxylic acids is 1. The quantitative estimate of drug-likeness (QED) is 0.765. The van der Waals surface area contributed by atoms with E-state index in [1.807, 2.05) is 0 Å². The molecule has 3 aromatic rings. The Labute approximate surface area is 124 Å². The zero-order valence-electron chi connectivity index (χ0n) is 11.4. The van der Waals surface area contributed by atoms with Crippen LogP contribution in [0.25, 0.3) is 10.9 Å². The summed E-state index contributed by atoms with van der Waals surface area (Å²) in [6, 6.07) is 12.9. The first-order chi connectivity index (χ1) is 10.6. The Morgan fingerprint density at radius 1 is 1.09 bits per heavy atom. The van der Waals surface area contributed by atoms with Gasteiger partial charge >= 0.3 is 11.7 Å². The third-order valence-electron chi connectivity index (χ3n) is 3.40. The number of carboxylic acids is 1. The Morgan fingerprint density at radius 3 is 2.64 bits per heavy atom. The number of nitrogens with one attached hydrogen (secondary N) is 1. The number of fused-ring (bicyclic) bond motifs is 1. The van der Waals surface area contributed by atoms with Crippen LogP contribution in [-0.4, -0.2) is 20.6 Å². The minimum absolute atomic E-state index is 0.0140. The fourth-order valence-corrected chi connectivity index (χ4v) is 2.33. The van der Waals surface area contributed by atoms with Gasteiger partial charge in [-0.25, -0.2) is 9.59 Å². The van der Waals surface area contributed by atoms with Crippen molar-refractivity contribution in [3.8, 4) is 0 Å². The second-order valence-electron chi connectivity index (χ2n) is 4.87. The number of carboxylic acid groups (broad SMARTS) is 1. The highest BCUT2D eigenvalue weighted by atomic mass is 16.4. The van der Waals surface area contributed by atoms with Crippen LogP contribution >= 0.6 is 0 Å². The molecule has 0 amide bonds. The van der Waals surface area contributed by atoms with Crippen LogP contribution in [0.3, 0.4) is 0 Å². The fourth-order valence-electron chi connectivity index (χ4n) is 2.33. The Morgan fingerprint density at radius 2 is 1.86 bits per heavy atom. The van der Waals surface area contributed by atoms with Crippen LogP contribution in [0.5, 0.6) is 0 Å². The summed E-state index contributed by atoms with van der Waals surface area (Å²) in [4.78, 5) is 38.1. The Bertz CT molecular complexity index is 985. The first kappa shape index (κ1) is 13.8. The van der Waals surface area contributed by atoms with Crippen molar-refractivity contribution in [1.82, 2.24) is 9.55 Å². The van der Waals surface area contributed by atoms with E-state index in [2.05, 4.69) is 4.98 Å². The average molecular weight is 296 g/mol. The van der Waals surface area contributed by atoms with E-state index in [1.165, 1.54) is 12.1 Å². The van der Waals surface area contributed by atoms with E-state index in [4.69, 9.17) is 5.11 Å². The standard InChI is InChI=1S/C16H12N2O4/c19-14-12-6-1-2-7-13(12)17-16(22)18(14)9-10-4-3-5-11(8-10)15(20)21/h1-8H,9H2,(H,17,22)(H,20,21). The molecule has 0 unspecified atom stereocenters. The predicted octanol–water partition coefficient (Wildman–Crippen LogP) is 1.44. The molecular weight excluding hydrogens is 284 g/mol. The van der Waals surface area contributed by atoms with Crippen molar-refractivity contribution in [2.45, 2.75) is 6.54 Å². The molecule has 110 valence electrons. The molecule has 0 spiro atoms. The topological polar surface area (TPSA) is 92.2 Å². The summed E-state index contributed by atoms with van der Waals surface area (Å²) in [6.07, 6.45) is 0. The number of hydrogen-bond acceptors (Lipinski definition) is 3. The van der Waals surface area contributed by atoms with E-state index >= 15 is 0 Å². The van der Waals surface area contributed by atoms with Gasteiger partial charge in [-0.2, -0.15) is 0 Å². The van der Waals surface area contributed by atoms with Gasteiger partial charge < -0.3 is 10.1 Å². The molecule has 0 saturated heterocycles. The number of para-hydroxylation sites is 1. The third kappa shape index (κ3) is 2.42. The SMILES string of the molecule is O=C(O)c1cccc(Cn2c(=O)[nH]c3ccccc3c2=O)c1. The van der Waals surface area contributed by atoms with Gasteiger partial charge in [-0.15, -0.1) is 0 Å². The molecule has 3 rings (SSSR count). The van der Waals surface area contributed by atoms with Gasteiger partial charge in [0, 0.05) is 0 Å². The van der Waals surface area contributed by atoms with E-state index in [9.17, 15) is 14.4 Å². The maximum atomic E-state index is 12.4. The van der Waals surface area contributed by atoms with Crippen molar-refractivity contribution in [2.75, 3.05) is 0 Å². The highest BCUT2D eigenvalue weighted by molar-refractivity contribution is 5.87. The first-order valence-corrected chi connectivity index (χ1v) is 6.60. The smallest absolute Gasteiger partial charge is 0.335 e. The summed E-state index contributed by atoms with van der Waals surface area (Å²) in [5.41, 5.74) is 0.239. The number of aromatic amines is 1. The van der Waals surface area contributed by atoms with Crippen molar-refractivity contribution < 1.29 is 9.90 Å². The lowest BCUT2D eigenvalue weighted by atomic mass is 10.1. The van der Waals surface area contributed by atoms with E-state index in [1.54, 1.807) is 36.4 Å². The fraction of sp³-hybridized carbons (Fsp3) is 0.0625. The number of carbonyl (C=O) groups is 1. The van der Waals surface area contributed by atoms with Crippen LogP contribution < -0.4 is 11.2 Å². The molecule has 2 aromatic carbocycles. The first-order valence-electron chi connectivity index (χ1n) is 6.60. The zero-order chi connectivity index (χ0) is 15.7. The molecule has 0 aliphatic rings. The number of hydrogen-bond donors (Lipinski definition) is 2. The minimum Gasteiger partial charge on any atom is -0.478 e. The van der Waals surface area contributed by atoms with Gasteiger partial charge in [-0.1, -0.05) is 24.3 Å². The molecule has 2 N–H and O–H groups in total. The Kier molecular flexibility index (Phi) is 3.34. The summed E-state index contributed by atoms with van der Waals surface area (Å²) in [5, 5.41) is 9.40. The second-order valence-corrected chi connectivity index (χ2v) is 4.87. The van der Waals surface area contributed by atoms with E-state index in [0.29, 0.717) is 16.5 Å². The lowest BCUT2D eigenvalue weighted by Crippen LogP contribution is -2.35. The molecule has 6 nitrogen and oxygen atoms in total. The normalized spacial score (nSPS) is 10.7. The largest absolute Gasteiger partial charge is 0.478 e. The highest BCUT2D eigenvalue weighted by Crippen LogP contribution is 2.07. The van der Waals surface area contributed by atoms with Gasteiger partial charge in [0.1, 0.15) is 0 Å². The molecule has 0 radical (unpaired) electrons. The van der Waals surface area contributed by atoms with Crippen LogP contribution in [0.15, 0.2) is 58.1 Å². The lowest BCUT2D eigenvalue weighted by Gasteiger charge is -2.07. The molecule has 0 atom stereocenters. The van der Waals surface area contributed by atoms with Gasteiger partial charge in [-0.05, 0) is 29.8 Å². The van der Waals surface area contributed by atoms with E-state index in [-0.39, 0.29) is 12.1 Å². The summed E-state index contributed by atoms with van der Waals surface area (Å²) in [6.45, 7) is 0.0140. The number of rotatable bonds is 3. The number of benzene rings is 2. The van der Waals surface area contributed by atoms with Crippen molar-refractivity contribution in [1.29, 1.82) is 0 Å². The van der Waals surface area contributed by atoms with Gasteiger partial charge in [0.15, 0.2) is 0 Å². The molecule has 1 heterocycles. The molecule has 0 fully saturated rings. The molecule has 0 bridgehead atoms. The second kappa shape index (κ2) is 5.33. The van der Waals surface area contributed by atoms with Crippen LogP contribution in [-0.2, 0) is 6.54 Å². The summed E-state index contributed by atoms with van der Waals surface area (Å²) in [7, 11) is 0. The number of aromatic nitrogens is 2. The monoisotopic (exact) mass is 296 g/mol. The van der Waals surface area contributed by atoms with Crippen LogP contribution in [0, 0.1) is 0 Å². The van der Waals surface area contributed by atoms with Crippen molar-refractivity contribution in [2.24, 2.45) is 0 Å². The third-order valence-corrected chi connectivity index (χ3v) is 3.40. The summed E-state index contributed by atoms with van der Waals surface area (Å²) in [5.74, 6) is -1.05. The molecule has 0 saturated carbocycles. The minimum atomic E-state index is -1.05. The predicted molar refractivity (Wildman–Crippen MR) is 81.3 cm³/mol. The van der Waals surface area contributed by atoms with Crippen molar-refractivity contribution in [3.05, 3.63) is 80.5 Å². The van der Waals surface area contributed by atoms with Gasteiger partial charge in [-0.3, -0.25) is 9.36 Å². The molecule has 6 heteroatoms. The highest BCUT2D eigenvalue weighted by Gasteiger charge is 2.09.